The summed E-state index contributed by atoms with van der Waals surface area (Å²) >= 11 is 0. The van der Waals surface area contributed by atoms with E-state index in [2.05, 4.69) is 36.2 Å². The van der Waals surface area contributed by atoms with Crippen molar-refractivity contribution in [3.05, 3.63) is 66.6 Å². The number of carbonyl (C=O) groups is 1. The van der Waals surface area contributed by atoms with Crippen LogP contribution in [-0.4, -0.2) is 46.5 Å². The average Bonchev–Trinajstić information content (AvgIpc) is 3.34. The molecule has 0 atom stereocenters. The molecule has 1 fully saturated rings. The van der Waals surface area contributed by atoms with Gasteiger partial charge in [-0.15, -0.1) is 0 Å². The molecule has 1 aliphatic heterocycles. The van der Waals surface area contributed by atoms with Gasteiger partial charge in [-0.2, -0.15) is 9.40 Å². The molecule has 0 aliphatic carbocycles. The molecule has 1 amide bonds. The van der Waals surface area contributed by atoms with E-state index >= 15 is 0 Å². The Morgan fingerprint density at radius 1 is 1.06 bits per heavy atom. The highest BCUT2D eigenvalue weighted by atomic mass is 32.2. The van der Waals surface area contributed by atoms with Gasteiger partial charge in [0, 0.05) is 31.4 Å². The third-order valence-corrected chi connectivity index (χ3v) is 7.85. The van der Waals surface area contributed by atoms with E-state index in [1.54, 1.807) is 47.5 Å². The van der Waals surface area contributed by atoms with Crippen LogP contribution < -0.4 is 5.32 Å². The van der Waals surface area contributed by atoms with E-state index in [0.717, 1.165) is 5.56 Å². The van der Waals surface area contributed by atoms with Crippen LogP contribution in [0, 0.1) is 5.92 Å². The second-order valence-corrected chi connectivity index (χ2v) is 11.2. The Hall–Kier alpha value is -3.04. The standard InChI is InChI=1S/C24H29N5O3S/c1-24(2,3)19-5-8-21(9-6-19)33(31,32)28-15-11-18(12-16-28)23(30)27-20-7-10-22(25-17-20)29-14-4-13-26-29/h4-10,13-14,17-18H,11-12,15-16H2,1-3H3,(H,27,30). The lowest BCUT2D eigenvalue weighted by molar-refractivity contribution is -0.120. The highest BCUT2D eigenvalue weighted by molar-refractivity contribution is 7.89. The SMILES string of the molecule is CC(C)(C)c1ccc(S(=O)(=O)N2CCC(C(=O)Nc3ccc(-n4cccn4)nc3)CC2)cc1. The molecule has 1 aromatic carbocycles. The van der Waals surface area contributed by atoms with Gasteiger partial charge in [-0.25, -0.2) is 18.1 Å². The summed E-state index contributed by atoms with van der Waals surface area (Å²) in [6.07, 6.45) is 6.01. The lowest BCUT2D eigenvalue weighted by Gasteiger charge is -2.30. The molecule has 1 N–H and O–H groups in total. The van der Waals surface area contributed by atoms with Crippen molar-refractivity contribution in [2.45, 2.75) is 43.9 Å². The lowest BCUT2D eigenvalue weighted by Crippen LogP contribution is -2.41. The van der Waals surface area contributed by atoms with Gasteiger partial charge in [0.25, 0.3) is 0 Å². The van der Waals surface area contributed by atoms with E-state index in [4.69, 9.17) is 0 Å². The number of carbonyl (C=O) groups excluding carboxylic acids is 1. The van der Waals surface area contributed by atoms with Crippen LogP contribution >= 0.6 is 0 Å². The molecule has 3 heterocycles. The molecule has 0 unspecified atom stereocenters. The zero-order valence-corrected chi connectivity index (χ0v) is 19.9. The molecule has 4 rings (SSSR count). The van der Waals surface area contributed by atoms with Gasteiger partial charge in [0.2, 0.25) is 15.9 Å². The molecule has 0 bridgehead atoms. The summed E-state index contributed by atoms with van der Waals surface area (Å²) in [6, 6.07) is 12.5. The number of benzene rings is 1. The number of nitrogens with zero attached hydrogens (tertiary/aromatic N) is 4. The Labute approximate surface area is 194 Å². The van der Waals surface area contributed by atoms with Crippen molar-refractivity contribution in [1.29, 1.82) is 0 Å². The molecule has 1 aliphatic rings. The van der Waals surface area contributed by atoms with Gasteiger partial charge in [0.15, 0.2) is 5.82 Å². The monoisotopic (exact) mass is 467 g/mol. The fraction of sp³-hybridized carbons (Fsp3) is 0.375. The largest absolute Gasteiger partial charge is 0.324 e. The fourth-order valence-electron chi connectivity index (χ4n) is 3.88. The zero-order chi connectivity index (χ0) is 23.6. The molecule has 9 heteroatoms. The number of hydrogen-bond donors (Lipinski definition) is 1. The van der Waals surface area contributed by atoms with Gasteiger partial charge in [-0.05, 0) is 54.2 Å². The summed E-state index contributed by atoms with van der Waals surface area (Å²) in [6.45, 7) is 6.92. The van der Waals surface area contributed by atoms with Gasteiger partial charge < -0.3 is 5.32 Å². The quantitative estimate of drug-likeness (QED) is 0.618. The van der Waals surface area contributed by atoms with Crippen molar-refractivity contribution in [2.24, 2.45) is 5.92 Å². The van der Waals surface area contributed by atoms with E-state index in [-0.39, 0.29) is 17.2 Å². The van der Waals surface area contributed by atoms with E-state index in [1.165, 1.54) is 4.31 Å². The van der Waals surface area contributed by atoms with Gasteiger partial charge in [0.05, 0.1) is 16.8 Å². The molecule has 0 radical (unpaired) electrons. The van der Waals surface area contributed by atoms with Gasteiger partial charge in [-0.1, -0.05) is 32.9 Å². The number of pyridine rings is 1. The summed E-state index contributed by atoms with van der Waals surface area (Å²) in [7, 11) is -3.58. The van der Waals surface area contributed by atoms with Gasteiger partial charge >= 0.3 is 0 Å². The second kappa shape index (κ2) is 9.07. The number of aromatic nitrogens is 3. The number of piperidine rings is 1. The van der Waals surface area contributed by atoms with Crippen LogP contribution in [0.5, 0.6) is 0 Å². The molecule has 2 aromatic heterocycles. The number of anilines is 1. The molecule has 3 aromatic rings. The zero-order valence-electron chi connectivity index (χ0n) is 19.1. The van der Waals surface area contributed by atoms with Crippen molar-refractivity contribution in [1.82, 2.24) is 19.1 Å². The van der Waals surface area contributed by atoms with Crippen molar-refractivity contribution in [3.63, 3.8) is 0 Å². The molecule has 8 nitrogen and oxygen atoms in total. The first-order valence-electron chi connectivity index (χ1n) is 11.0. The maximum absolute atomic E-state index is 13.1. The number of amides is 1. The van der Waals surface area contributed by atoms with Gasteiger partial charge in [0.1, 0.15) is 0 Å². The van der Waals surface area contributed by atoms with Gasteiger partial charge in [-0.3, -0.25) is 4.79 Å². The highest BCUT2D eigenvalue weighted by Gasteiger charge is 2.32. The maximum atomic E-state index is 13.1. The predicted octanol–water partition coefficient (Wildman–Crippen LogP) is 3.60. The van der Waals surface area contributed by atoms with Crippen molar-refractivity contribution >= 4 is 21.6 Å². The molecule has 33 heavy (non-hydrogen) atoms. The molecule has 1 saturated heterocycles. The molecule has 0 spiro atoms. The van der Waals surface area contributed by atoms with E-state index in [9.17, 15) is 13.2 Å². The first-order chi connectivity index (χ1) is 15.6. The van der Waals surface area contributed by atoms with Crippen molar-refractivity contribution < 1.29 is 13.2 Å². The minimum absolute atomic E-state index is 0.0387. The Kier molecular flexibility index (Phi) is 6.36. The Bertz CT molecular complexity index is 1190. The van der Waals surface area contributed by atoms with Crippen LogP contribution in [0.25, 0.3) is 5.82 Å². The fourth-order valence-corrected chi connectivity index (χ4v) is 5.35. The summed E-state index contributed by atoms with van der Waals surface area (Å²) in [5, 5.41) is 7.02. The van der Waals surface area contributed by atoms with Crippen LogP contribution in [-0.2, 0) is 20.2 Å². The normalized spacial score (nSPS) is 16.0. The van der Waals surface area contributed by atoms with Crippen LogP contribution in [0.3, 0.4) is 0 Å². The number of sulfonamides is 1. The summed E-state index contributed by atoms with van der Waals surface area (Å²) < 4.78 is 29.2. The highest BCUT2D eigenvalue weighted by Crippen LogP contribution is 2.27. The lowest BCUT2D eigenvalue weighted by atomic mass is 9.87. The molecular formula is C24H29N5O3S. The molecule has 0 saturated carbocycles. The summed E-state index contributed by atoms with van der Waals surface area (Å²) in [4.78, 5) is 17.3. The van der Waals surface area contributed by atoms with Crippen LogP contribution in [0.15, 0.2) is 66.0 Å². The first-order valence-corrected chi connectivity index (χ1v) is 12.5. The Morgan fingerprint density at radius 3 is 2.30 bits per heavy atom. The second-order valence-electron chi connectivity index (χ2n) is 9.30. The summed E-state index contributed by atoms with van der Waals surface area (Å²) in [5.74, 6) is 0.299. The third kappa shape index (κ3) is 5.15. The van der Waals surface area contributed by atoms with E-state index in [0.29, 0.717) is 42.3 Å². The van der Waals surface area contributed by atoms with Crippen molar-refractivity contribution in [2.75, 3.05) is 18.4 Å². The Balaban J connectivity index is 1.34. The minimum Gasteiger partial charge on any atom is -0.324 e. The maximum Gasteiger partial charge on any atom is 0.243 e. The average molecular weight is 468 g/mol. The predicted molar refractivity (Wildman–Crippen MR) is 127 cm³/mol. The smallest absolute Gasteiger partial charge is 0.243 e. The van der Waals surface area contributed by atoms with E-state index in [1.807, 2.05) is 18.2 Å². The molecular weight excluding hydrogens is 438 g/mol. The number of rotatable bonds is 5. The number of hydrogen-bond acceptors (Lipinski definition) is 5. The van der Waals surface area contributed by atoms with E-state index < -0.39 is 10.0 Å². The Morgan fingerprint density at radius 2 is 1.76 bits per heavy atom. The minimum atomic E-state index is -3.58. The van der Waals surface area contributed by atoms with Crippen molar-refractivity contribution in [3.8, 4) is 5.82 Å². The van der Waals surface area contributed by atoms with Crippen LogP contribution in [0.4, 0.5) is 5.69 Å². The topological polar surface area (TPSA) is 97.2 Å². The number of nitrogens with one attached hydrogen (secondary N) is 1. The third-order valence-electron chi connectivity index (χ3n) is 5.94. The van der Waals surface area contributed by atoms with Crippen LogP contribution in [0.2, 0.25) is 0 Å². The first kappa shape index (κ1) is 23.1. The van der Waals surface area contributed by atoms with Crippen LogP contribution in [0.1, 0.15) is 39.2 Å². The molecule has 174 valence electrons. The summed E-state index contributed by atoms with van der Waals surface area (Å²) in [5.41, 5.74) is 1.65.